The van der Waals surface area contributed by atoms with Gasteiger partial charge in [-0.1, -0.05) is 12.1 Å². The number of aromatic nitrogens is 2. The van der Waals surface area contributed by atoms with Gasteiger partial charge in [-0.2, -0.15) is 0 Å². The topological polar surface area (TPSA) is 72.5 Å². The van der Waals surface area contributed by atoms with Crippen LogP contribution in [-0.4, -0.2) is 41.3 Å². The number of piperazine rings is 1. The maximum atomic E-state index is 12.2. The van der Waals surface area contributed by atoms with Crippen LogP contribution < -0.4 is 15.4 Å². The zero-order valence-corrected chi connectivity index (χ0v) is 15.0. The summed E-state index contributed by atoms with van der Waals surface area (Å²) in [6, 6.07) is 12.9. The molecule has 2 N–H and O–H groups in total. The molecule has 1 saturated heterocycles. The van der Waals surface area contributed by atoms with E-state index < -0.39 is 0 Å². The molecule has 1 aliphatic rings. The first-order valence-corrected chi connectivity index (χ1v) is 8.88. The summed E-state index contributed by atoms with van der Waals surface area (Å²) < 4.78 is 0.688. The highest BCUT2D eigenvalue weighted by atomic mass is 79.9. The zero-order chi connectivity index (χ0) is 17.4. The Morgan fingerprint density at radius 1 is 1.04 bits per heavy atom. The fraction of sp³-hybridized carbons (Fsp3) is 0.222. The molecule has 3 aromatic rings. The number of anilines is 2. The second-order valence-electron chi connectivity index (χ2n) is 6.02. The second-order valence-corrected chi connectivity index (χ2v) is 6.87. The number of fused-ring (bicyclic) bond motifs is 1. The standard InChI is InChI=1S/C18H17BrN4O2/c19-14-6-5-12(11-16(14)24)22-7-9-23(10-8-22)18-20-15-4-2-1-3-13(15)17(25)21-18/h1-6,11,24H,7-10H2,(H,20,21,25). The average Bonchev–Trinajstić information content (AvgIpc) is 2.64. The Labute approximate surface area is 152 Å². The molecule has 2 aromatic carbocycles. The van der Waals surface area contributed by atoms with E-state index in [2.05, 4.69) is 35.7 Å². The smallest absolute Gasteiger partial charge is 0.260 e. The number of aromatic hydroxyl groups is 1. The van der Waals surface area contributed by atoms with Gasteiger partial charge in [-0.05, 0) is 40.2 Å². The van der Waals surface area contributed by atoms with Crippen molar-refractivity contribution in [2.45, 2.75) is 0 Å². The van der Waals surface area contributed by atoms with Gasteiger partial charge in [0.15, 0.2) is 0 Å². The van der Waals surface area contributed by atoms with Crippen LogP contribution in [0.3, 0.4) is 0 Å². The molecule has 6 nitrogen and oxygen atoms in total. The lowest BCUT2D eigenvalue weighted by atomic mass is 10.2. The number of nitrogens with zero attached hydrogens (tertiary/aromatic N) is 3. The summed E-state index contributed by atoms with van der Waals surface area (Å²) in [5.74, 6) is 0.849. The van der Waals surface area contributed by atoms with Gasteiger partial charge in [-0.25, -0.2) is 4.98 Å². The Morgan fingerprint density at radius 3 is 2.52 bits per heavy atom. The number of phenols is 1. The molecule has 0 atom stereocenters. The third-order valence-electron chi connectivity index (χ3n) is 4.47. The number of para-hydroxylation sites is 1. The van der Waals surface area contributed by atoms with Crippen molar-refractivity contribution in [3.63, 3.8) is 0 Å². The highest BCUT2D eigenvalue weighted by Crippen LogP contribution is 2.29. The van der Waals surface area contributed by atoms with E-state index >= 15 is 0 Å². The van der Waals surface area contributed by atoms with Crippen molar-refractivity contribution in [3.8, 4) is 5.75 Å². The van der Waals surface area contributed by atoms with E-state index in [9.17, 15) is 9.90 Å². The van der Waals surface area contributed by atoms with Gasteiger partial charge in [0.1, 0.15) is 5.75 Å². The van der Waals surface area contributed by atoms with Crippen LogP contribution in [0, 0.1) is 0 Å². The number of nitrogens with one attached hydrogen (secondary N) is 1. The van der Waals surface area contributed by atoms with Crippen LogP contribution in [0.5, 0.6) is 5.75 Å². The molecule has 0 bridgehead atoms. The van der Waals surface area contributed by atoms with Crippen molar-refractivity contribution in [2.75, 3.05) is 36.0 Å². The molecule has 7 heteroatoms. The van der Waals surface area contributed by atoms with Gasteiger partial charge in [0.05, 0.1) is 15.4 Å². The van der Waals surface area contributed by atoms with E-state index in [1.807, 2.05) is 30.3 Å². The normalized spacial score (nSPS) is 14.9. The minimum absolute atomic E-state index is 0.110. The Kier molecular flexibility index (Phi) is 4.09. The SMILES string of the molecule is O=c1[nH]c(N2CCN(c3ccc(Br)c(O)c3)CC2)nc2ccccc12. The molecule has 0 unspecified atom stereocenters. The van der Waals surface area contributed by atoms with Crippen LogP contribution in [0.15, 0.2) is 51.7 Å². The van der Waals surface area contributed by atoms with E-state index in [1.54, 1.807) is 12.1 Å². The summed E-state index contributed by atoms with van der Waals surface area (Å²) in [6.07, 6.45) is 0. The number of halogens is 1. The molecule has 2 heterocycles. The van der Waals surface area contributed by atoms with E-state index in [-0.39, 0.29) is 11.3 Å². The zero-order valence-electron chi connectivity index (χ0n) is 13.4. The Hall–Kier alpha value is -2.54. The van der Waals surface area contributed by atoms with Gasteiger partial charge in [-0.15, -0.1) is 0 Å². The molecular weight excluding hydrogens is 384 g/mol. The average molecular weight is 401 g/mol. The number of rotatable bonds is 2. The van der Waals surface area contributed by atoms with Crippen molar-refractivity contribution in [3.05, 3.63) is 57.3 Å². The highest BCUT2D eigenvalue weighted by Gasteiger charge is 2.20. The van der Waals surface area contributed by atoms with Crippen LogP contribution in [0.25, 0.3) is 10.9 Å². The van der Waals surface area contributed by atoms with Crippen LogP contribution >= 0.6 is 15.9 Å². The van der Waals surface area contributed by atoms with Crippen molar-refractivity contribution in [2.24, 2.45) is 0 Å². The van der Waals surface area contributed by atoms with E-state index in [1.165, 1.54) is 0 Å². The summed E-state index contributed by atoms with van der Waals surface area (Å²) in [5, 5.41) is 10.5. The van der Waals surface area contributed by atoms with Crippen LogP contribution in [0.2, 0.25) is 0 Å². The fourth-order valence-corrected chi connectivity index (χ4v) is 3.34. The first-order chi connectivity index (χ1) is 12.1. The molecule has 128 valence electrons. The second kappa shape index (κ2) is 6.40. The van der Waals surface area contributed by atoms with E-state index in [0.717, 1.165) is 31.9 Å². The molecule has 0 radical (unpaired) electrons. The van der Waals surface area contributed by atoms with Crippen molar-refractivity contribution in [1.29, 1.82) is 0 Å². The lowest BCUT2D eigenvalue weighted by molar-refractivity contribution is 0.471. The predicted octanol–water partition coefficient (Wildman–Crippen LogP) is 2.72. The number of hydrogen-bond donors (Lipinski definition) is 2. The minimum Gasteiger partial charge on any atom is -0.507 e. The monoisotopic (exact) mass is 400 g/mol. The quantitative estimate of drug-likeness (QED) is 0.691. The number of benzene rings is 2. The Balaban J connectivity index is 1.54. The van der Waals surface area contributed by atoms with Crippen molar-refractivity contribution < 1.29 is 5.11 Å². The maximum absolute atomic E-state index is 12.2. The van der Waals surface area contributed by atoms with Gasteiger partial charge in [0.2, 0.25) is 5.95 Å². The molecule has 0 saturated carbocycles. The van der Waals surface area contributed by atoms with Gasteiger partial charge < -0.3 is 14.9 Å². The number of H-pyrrole nitrogens is 1. The first kappa shape index (κ1) is 16.0. The summed E-state index contributed by atoms with van der Waals surface area (Å²) in [7, 11) is 0. The minimum atomic E-state index is -0.110. The summed E-state index contributed by atoms with van der Waals surface area (Å²) in [5.41, 5.74) is 1.59. The number of phenolic OH excluding ortho intramolecular Hbond substituents is 1. The largest absolute Gasteiger partial charge is 0.507 e. The summed E-state index contributed by atoms with van der Waals surface area (Å²) >= 11 is 3.30. The molecule has 0 aliphatic carbocycles. The number of hydrogen-bond acceptors (Lipinski definition) is 5. The maximum Gasteiger partial charge on any atom is 0.260 e. The van der Waals surface area contributed by atoms with E-state index in [0.29, 0.717) is 21.3 Å². The van der Waals surface area contributed by atoms with Gasteiger partial charge >= 0.3 is 0 Å². The van der Waals surface area contributed by atoms with Gasteiger partial charge in [0.25, 0.3) is 5.56 Å². The molecular formula is C18H17BrN4O2. The third kappa shape index (κ3) is 3.07. The molecule has 1 aliphatic heterocycles. The molecule has 25 heavy (non-hydrogen) atoms. The van der Waals surface area contributed by atoms with Crippen LogP contribution in [0.4, 0.5) is 11.6 Å². The predicted molar refractivity (Wildman–Crippen MR) is 103 cm³/mol. The molecule has 1 aromatic heterocycles. The number of aromatic amines is 1. The fourth-order valence-electron chi connectivity index (χ4n) is 3.10. The summed E-state index contributed by atoms with van der Waals surface area (Å²) in [4.78, 5) is 24.0. The van der Waals surface area contributed by atoms with Crippen LogP contribution in [-0.2, 0) is 0 Å². The lowest BCUT2D eigenvalue weighted by Gasteiger charge is -2.36. The lowest BCUT2D eigenvalue weighted by Crippen LogP contribution is -2.47. The first-order valence-electron chi connectivity index (χ1n) is 8.09. The third-order valence-corrected chi connectivity index (χ3v) is 5.15. The molecule has 4 rings (SSSR count). The summed E-state index contributed by atoms with van der Waals surface area (Å²) in [6.45, 7) is 3.07. The molecule has 0 amide bonds. The van der Waals surface area contributed by atoms with Crippen molar-refractivity contribution >= 4 is 38.5 Å². The van der Waals surface area contributed by atoms with E-state index in [4.69, 9.17) is 0 Å². The molecule has 0 spiro atoms. The van der Waals surface area contributed by atoms with Gasteiger partial charge in [0, 0.05) is 37.9 Å². The Morgan fingerprint density at radius 2 is 1.76 bits per heavy atom. The Bertz CT molecular complexity index is 980. The van der Waals surface area contributed by atoms with Crippen LogP contribution in [0.1, 0.15) is 0 Å². The van der Waals surface area contributed by atoms with Gasteiger partial charge in [-0.3, -0.25) is 9.78 Å². The van der Waals surface area contributed by atoms with Crippen molar-refractivity contribution in [1.82, 2.24) is 9.97 Å². The highest BCUT2D eigenvalue weighted by molar-refractivity contribution is 9.10. The molecule has 1 fully saturated rings.